The zero-order chi connectivity index (χ0) is 12.7. The molecular weight excluding hydrogens is 216 g/mol. The largest absolute Gasteiger partial charge is 0.469 e. The van der Waals surface area contributed by atoms with E-state index in [0.717, 1.165) is 11.1 Å². The fourth-order valence-electron chi connectivity index (χ4n) is 1.36. The summed E-state index contributed by atoms with van der Waals surface area (Å²) in [6.07, 6.45) is 4.34. The Balaban J connectivity index is 2.62. The monoisotopic (exact) mass is 232 g/mol. The first-order valence-electron chi connectivity index (χ1n) is 5.54. The smallest absolute Gasteiger partial charge is 0.309 e. The molecule has 0 amide bonds. The van der Waals surface area contributed by atoms with E-state index in [1.54, 1.807) is 18.2 Å². The molecule has 1 rings (SSSR count). The predicted molar refractivity (Wildman–Crippen MR) is 66.7 cm³/mol. The molecule has 3 heteroatoms. The summed E-state index contributed by atoms with van der Waals surface area (Å²) in [5, 5.41) is 0. The second-order valence-corrected chi connectivity index (χ2v) is 3.58. The van der Waals surface area contributed by atoms with E-state index in [9.17, 15) is 9.59 Å². The van der Waals surface area contributed by atoms with Gasteiger partial charge in [0.15, 0.2) is 5.78 Å². The molecule has 0 radical (unpaired) electrons. The van der Waals surface area contributed by atoms with Crippen LogP contribution in [-0.4, -0.2) is 18.9 Å². The number of carbonyl (C=O) groups excluding carboxylic acids is 2. The molecule has 0 N–H and O–H groups in total. The topological polar surface area (TPSA) is 43.4 Å². The van der Waals surface area contributed by atoms with E-state index in [-0.39, 0.29) is 18.2 Å². The summed E-state index contributed by atoms with van der Waals surface area (Å²) in [4.78, 5) is 22.3. The fraction of sp³-hybridized carbons (Fsp3) is 0.286. The minimum absolute atomic E-state index is 0.134. The molecule has 3 nitrogen and oxygen atoms in total. The van der Waals surface area contributed by atoms with Crippen LogP contribution in [0.2, 0.25) is 0 Å². The van der Waals surface area contributed by atoms with Crippen molar-refractivity contribution in [1.82, 2.24) is 0 Å². The second kappa shape index (κ2) is 6.63. The van der Waals surface area contributed by atoms with Gasteiger partial charge in [0, 0.05) is 12.0 Å². The van der Waals surface area contributed by atoms with Gasteiger partial charge in [0.1, 0.15) is 0 Å². The van der Waals surface area contributed by atoms with E-state index in [1.165, 1.54) is 7.11 Å². The van der Waals surface area contributed by atoms with E-state index < -0.39 is 0 Å². The van der Waals surface area contributed by atoms with Crippen molar-refractivity contribution in [3.05, 3.63) is 41.5 Å². The maximum absolute atomic E-state index is 11.4. The second-order valence-electron chi connectivity index (χ2n) is 3.58. The first-order valence-corrected chi connectivity index (χ1v) is 5.54. The Labute approximate surface area is 101 Å². The van der Waals surface area contributed by atoms with E-state index >= 15 is 0 Å². The van der Waals surface area contributed by atoms with Gasteiger partial charge < -0.3 is 4.74 Å². The number of ketones is 1. The highest BCUT2D eigenvalue weighted by molar-refractivity contribution is 5.95. The summed E-state index contributed by atoms with van der Waals surface area (Å²) in [7, 11) is 1.36. The molecule has 0 heterocycles. The van der Waals surface area contributed by atoms with Crippen LogP contribution in [0.1, 0.15) is 35.7 Å². The van der Waals surface area contributed by atoms with Crippen molar-refractivity contribution in [1.29, 1.82) is 0 Å². The van der Waals surface area contributed by atoms with Gasteiger partial charge in [-0.1, -0.05) is 43.3 Å². The van der Waals surface area contributed by atoms with Crippen LogP contribution < -0.4 is 0 Å². The van der Waals surface area contributed by atoms with Crippen LogP contribution in [-0.2, 0) is 9.53 Å². The Morgan fingerprint density at radius 1 is 1.24 bits per heavy atom. The van der Waals surface area contributed by atoms with Gasteiger partial charge in [-0.2, -0.15) is 0 Å². The highest BCUT2D eigenvalue weighted by Crippen LogP contribution is 2.08. The molecule has 0 fully saturated rings. The zero-order valence-electron chi connectivity index (χ0n) is 10.1. The third-order valence-corrected chi connectivity index (χ3v) is 2.38. The minimum Gasteiger partial charge on any atom is -0.469 e. The van der Waals surface area contributed by atoms with Crippen LogP contribution in [0.3, 0.4) is 0 Å². The van der Waals surface area contributed by atoms with Crippen LogP contribution in [0, 0.1) is 0 Å². The van der Waals surface area contributed by atoms with Gasteiger partial charge in [-0.05, 0) is 5.56 Å². The van der Waals surface area contributed by atoms with Crippen LogP contribution in [0.4, 0.5) is 0 Å². The third-order valence-electron chi connectivity index (χ3n) is 2.38. The molecule has 0 atom stereocenters. The first-order chi connectivity index (χ1) is 8.17. The van der Waals surface area contributed by atoms with Gasteiger partial charge in [0.25, 0.3) is 0 Å². The Hall–Kier alpha value is -1.90. The third kappa shape index (κ3) is 4.23. The van der Waals surface area contributed by atoms with Crippen molar-refractivity contribution in [3.8, 4) is 0 Å². The molecule has 1 aromatic carbocycles. The maximum atomic E-state index is 11.4. The van der Waals surface area contributed by atoms with Crippen LogP contribution >= 0.6 is 0 Å². The molecule has 0 saturated heterocycles. The van der Waals surface area contributed by atoms with Crippen molar-refractivity contribution in [2.24, 2.45) is 0 Å². The van der Waals surface area contributed by atoms with Gasteiger partial charge in [0.05, 0.1) is 13.5 Å². The lowest BCUT2D eigenvalue weighted by Gasteiger charge is -1.98. The number of ether oxygens (including phenoxy) is 1. The van der Waals surface area contributed by atoms with Gasteiger partial charge in [-0.3, -0.25) is 9.59 Å². The molecule has 90 valence electrons. The van der Waals surface area contributed by atoms with Gasteiger partial charge in [-0.15, -0.1) is 0 Å². The summed E-state index contributed by atoms with van der Waals surface area (Å²) in [6, 6.07) is 7.31. The lowest BCUT2D eigenvalue weighted by molar-refractivity contribution is -0.139. The van der Waals surface area contributed by atoms with E-state index in [1.807, 2.05) is 25.1 Å². The SMILES string of the molecule is CCC(=O)c1ccc(C=CCC(=O)OC)cc1. The lowest BCUT2D eigenvalue weighted by Crippen LogP contribution is -1.97. The van der Waals surface area contributed by atoms with Gasteiger partial charge in [-0.25, -0.2) is 0 Å². The molecule has 0 aliphatic carbocycles. The number of rotatable bonds is 5. The number of esters is 1. The van der Waals surface area contributed by atoms with Gasteiger partial charge in [0.2, 0.25) is 0 Å². The average Bonchev–Trinajstić information content (AvgIpc) is 2.38. The quantitative estimate of drug-likeness (QED) is 0.579. The molecule has 1 aromatic rings. The molecule has 0 unspecified atom stereocenters. The number of hydrogen-bond acceptors (Lipinski definition) is 3. The summed E-state index contributed by atoms with van der Waals surface area (Å²) in [6.45, 7) is 1.84. The molecule has 0 bridgehead atoms. The van der Waals surface area contributed by atoms with Crippen LogP contribution in [0.15, 0.2) is 30.3 Å². The van der Waals surface area contributed by atoms with E-state index in [0.29, 0.717) is 6.42 Å². The molecule has 0 saturated carbocycles. The lowest BCUT2D eigenvalue weighted by atomic mass is 10.1. The van der Waals surface area contributed by atoms with E-state index in [2.05, 4.69) is 4.74 Å². The summed E-state index contributed by atoms with van der Waals surface area (Å²) < 4.78 is 4.52. The summed E-state index contributed by atoms with van der Waals surface area (Å²) in [5.74, 6) is -0.130. The number of benzene rings is 1. The van der Waals surface area contributed by atoms with Crippen LogP contribution in [0.25, 0.3) is 6.08 Å². The first kappa shape index (κ1) is 13.2. The number of hydrogen-bond donors (Lipinski definition) is 0. The number of Topliss-reactive ketones (excluding diaryl/α,β-unsaturated/α-hetero) is 1. The Morgan fingerprint density at radius 2 is 1.88 bits per heavy atom. The predicted octanol–water partition coefficient (Wildman–Crippen LogP) is 2.86. The number of carbonyl (C=O) groups is 2. The van der Waals surface area contributed by atoms with Crippen molar-refractivity contribution >= 4 is 17.8 Å². The molecule has 0 spiro atoms. The van der Waals surface area contributed by atoms with Gasteiger partial charge >= 0.3 is 5.97 Å². The van der Waals surface area contributed by atoms with Crippen molar-refractivity contribution in [3.63, 3.8) is 0 Å². The average molecular weight is 232 g/mol. The molecule has 0 aliphatic rings. The fourth-order valence-corrected chi connectivity index (χ4v) is 1.36. The summed E-state index contributed by atoms with van der Waals surface area (Å²) in [5.41, 5.74) is 1.68. The number of methoxy groups -OCH3 is 1. The molecular formula is C14H16O3. The molecule has 17 heavy (non-hydrogen) atoms. The van der Waals surface area contributed by atoms with Crippen molar-refractivity contribution < 1.29 is 14.3 Å². The minimum atomic E-state index is -0.265. The Morgan fingerprint density at radius 3 is 2.41 bits per heavy atom. The Bertz CT molecular complexity index is 416. The van der Waals surface area contributed by atoms with Crippen LogP contribution in [0.5, 0.6) is 0 Å². The zero-order valence-corrected chi connectivity index (χ0v) is 10.1. The molecule has 0 aliphatic heterocycles. The highest BCUT2D eigenvalue weighted by atomic mass is 16.5. The Kier molecular flexibility index (Phi) is 5.14. The van der Waals surface area contributed by atoms with Crippen molar-refractivity contribution in [2.75, 3.05) is 7.11 Å². The van der Waals surface area contributed by atoms with E-state index in [4.69, 9.17) is 0 Å². The van der Waals surface area contributed by atoms with Crippen molar-refractivity contribution in [2.45, 2.75) is 19.8 Å². The highest BCUT2D eigenvalue weighted by Gasteiger charge is 2.01. The maximum Gasteiger partial charge on any atom is 0.309 e. The standard InChI is InChI=1S/C14H16O3/c1-3-13(15)12-9-7-11(8-10-12)5-4-6-14(16)17-2/h4-5,7-10H,3,6H2,1-2H3. The normalized spacial score (nSPS) is 10.5. The molecule has 0 aromatic heterocycles. The summed E-state index contributed by atoms with van der Waals surface area (Å²) >= 11 is 0.